The molecule has 0 saturated heterocycles. The number of benzene rings is 3. The summed E-state index contributed by atoms with van der Waals surface area (Å²) >= 11 is 3.66. The van der Waals surface area contributed by atoms with Crippen molar-refractivity contribution >= 4 is 27.2 Å². The first-order valence-corrected chi connectivity index (χ1v) is 14.2. The molecule has 5 aliphatic heterocycles. The maximum atomic E-state index is 7.11. The Morgan fingerprint density at radius 2 is 1.51 bits per heavy atom. The van der Waals surface area contributed by atoms with E-state index in [1.807, 2.05) is 0 Å². The molecule has 3 aromatic rings. The van der Waals surface area contributed by atoms with Crippen LogP contribution < -0.4 is 24.8 Å². The monoisotopic (exact) mass is 525 g/mol. The SMILES string of the molecule is Brc1ccc(C2=c3cc4c5c(c3Oc3c2cc2c6c3CCCN6CCC2)CCC[N+]=5CCC4)cc1. The van der Waals surface area contributed by atoms with Gasteiger partial charge in [-0.2, -0.15) is 0 Å². The zero-order valence-corrected chi connectivity index (χ0v) is 21.7. The Hall–Kier alpha value is -2.59. The molecule has 0 radical (unpaired) electrons. The number of aryl methyl sites for hydroxylation is 2. The first-order valence-electron chi connectivity index (χ1n) is 13.4. The zero-order chi connectivity index (χ0) is 23.1. The summed E-state index contributed by atoms with van der Waals surface area (Å²) in [4.78, 5) is 2.63. The van der Waals surface area contributed by atoms with Gasteiger partial charge in [-0.25, -0.2) is 4.58 Å². The number of hydrogen-bond donors (Lipinski definition) is 0. The van der Waals surface area contributed by atoms with Gasteiger partial charge >= 0.3 is 0 Å². The van der Waals surface area contributed by atoms with E-state index in [1.54, 1.807) is 0 Å². The van der Waals surface area contributed by atoms with Crippen LogP contribution in [0, 0.1) is 0 Å². The fraction of sp³-hybridized carbons (Fsp3) is 0.387. The second-order valence-electron chi connectivity index (χ2n) is 10.9. The molecule has 0 aromatic heterocycles. The highest BCUT2D eigenvalue weighted by Gasteiger charge is 2.35. The molecule has 5 heterocycles. The van der Waals surface area contributed by atoms with E-state index in [0.29, 0.717) is 0 Å². The number of nitrogens with zero attached hydrogens (tertiary/aromatic N) is 2. The molecule has 0 saturated carbocycles. The minimum Gasteiger partial charge on any atom is -0.455 e. The van der Waals surface area contributed by atoms with Crippen molar-refractivity contribution in [1.82, 2.24) is 4.58 Å². The summed E-state index contributed by atoms with van der Waals surface area (Å²) in [6.07, 6.45) is 9.55. The molecule has 5 aliphatic rings. The number of hydrogen-bond acceptors (Lipinski definition) is 2. The zero-order valence-electron chi connectivity index (χ0n) is 20.1. The van der Waals surface area contributed by atoms with E-state index in [0.717, 1.165) is 28.8 Å². The molecule has 0 aliphatic carbocycles. The van der Waals surface area contributed by atoms with Gasteiger partial charge < -0.3 is 9.64 Å². The molecule has 0 bridgehead atoms. The third-order valence-corrected chi connectivity index (χ3v) is 9.35. The van der Waals surface area contributed by atoms with E-state index in [2.05, 4.69) is 61.8 Å². The van der Waals surface area contributed by atoms with Crippen LogP contribution in [0.2, 0.25) is 0 Å². The lowest BCUT2D eigenvalue weighted by atomic mass is 9.83. The maximum Gasteiger partial charge on any atom is 0.210 e. The molecule has 4 heteroatoms. The van der Waals surface area contributed by atoms with Crippen LogP contribution in [0.1, 0.15) is 59.1 Å². The van der Waals surface area contributed by atoms with Crippen molar-refractivity contribution in [3.8, 4) is 11.5 Å². The number of fused-ring (bicyclic) bond motifs is 4. The van der Waals surface area contributed by atoms with Crippen molar-refractivity contribution in [3.05, 3.63) is 84.8 Å². The van der Waals surface area contributed by atoms with Crippen molar-refractivity contribution < 1.29 is 4.74 Å². The predicted octanol–water partition coefficient (Wildman–Crippen LogP) is 4.88. The summed E-state index contributed by atoms with van der Waals surface area (Å²) in [6.45, 7) is 4.75. The first-order chi connectivity index (χ1) is 17.3. The van der Waals surface area contributed by atoms with Crippen LogP contribution in [0.5, 0.6) is 11.5 Å². The van der Waals surface area contributed by atoms with Gasteiger partial charge in [-0.15, -0.1) is 0 Å². The van der Waals surface area contributed by atoms with Crippen molar-refractivity contribution in [3.63, 3.8) is 0 Å². The molecule has 3 nitrogen and oxygen atoms in total. The summed E-state index contributed by atoms with van der Waals surface area (Å²) in [6, 6.07) is 13.9. The van der Waals surface area contributed by atoms with Crippen LogP contribution >= 0.6 is 15.9 Å². The van der Waals surface area contributed by atoms with Gasteiger partial charge in [0, 0.05) is 63.6 Å². The Balaban J connectivity index is 1.52. The Morgan fingerprint density at radius 3 is 2.37 bits per heavy atom. The molecule has 0 fully saturated rings. The van der Waals surface area contributed by atoms with E-state index < -0.39 is 0 Å². The standard InChI is InChI=1S/C31H30BrN2O/c32-22-11-9-19(10-12-22)27-25-17-20-5-1-13-33-15-3-7-23(28(20)33)30(25)35-31-24-8-4-16-34-14-2-6-21(29(24)34)18-26(27)31/h9-12,17-18H,1-8,13-16H2/q+1. The Kier molecular flexibility index (Phi) is 4.53. The minimum absolute atomic E-state index is 1.12. The summed E-state index contributed by atoms with van der Waals surface area (Å²) in [7, 11) is 0. The van der Waals surface area contributed by atoms with Crippen molar-refractivity contribution in [2.24, 2.45) is 0 Å². The molecule has 176 valence electrons. The second kappa shape index (κ2) is 7.70. The van der Waals surface area contributed by atoms with E-state index >= 15 is 0 Å². The number of anilines is 1. The Bertz CT molecular complexity index is 1530. The van der Waals surface area contributed by atoms with Gasteiger partial charge in [0.1, 0.15) is 24.6 Å². The van der Waals surface area contributed by atoms with Gasteiger partial charge in [0.15, 0.2) is 0 Å². The summed E-state index contributed by atoms with van der Waals surface area (Å²) in [5.74, 6) is 2.29. The lowest BCUT2D eigenvalue weighted by molar-refractivity contribution is 0.431. The van der Waals surface area contributed by atoms with Crippen molar-refractivity contribution in [2.45, 2.75) is 51.4 Å². The second-order valence-corrected chi connectivity index (χ2v) is 11.8. The normalized spacial score (nSPS) is 19.4. The third kappa shape index (κ3) is 2.98. The van der Waals surface area contributed by atoms with Gasteiger partial charge in [-0.05, 0) is 73.9 Å². The van der Waals surface area contributed by atoms with Crippen LogP contribution in [0.25, 0.3) is 5.57 Å². The first kappa shape index (κ1) is 20.6. The lowest BCUT2D eigenvalue weighted by Crippen LogP contribution is -2.45. The molecular formula is C31H30BrN2O+. The number of halogens is 1. The summed E-state index contributed by atoms with van der Waals surface area (Å²) < 4.78 is 10.9. The van der Waals surface area contributed by atoms with E-state index in [-0.39, 0.29) is 0 Å². The van der Waals surface area contributed by atoms with Gasteiger partial charge in [0.25, 0.3) is 0 Å². The average Bonchev–Trinajstić information content (AvgIpc) is 2.89. The molecular weight excluding hydrogens is 496 g/mol. The highest BCUT2D eigenvalue weighted by atomic mass is 79.9. The van der Waals surface area contributed by atoms with Crippen LogP contribution in [0.3, 0.4) is 0 Å². The van der Waals surface area contributed by atoms with Gasteiger partial charge in [-0.1, -0.05) is 28.1 Å². The lowest BCUT2D eigenvalue weighted by Gasteiger charge is -2.39. The highest BCUT2D eigenvalue weighted by Crippen LogP contribution is 2.48. The highest BCUT2D eigenvalue weighted by molar-refractivity contribution is 9.10. The van der Waals surface area contributed by atoms with Crippen molar-refractivity contribution in [1.29, 1.82) is 0 Å². The Labute approximate surface area is 214 Å². The molecule has 0 spiro atoms. The van der Waals surface area contributed by atoms with E-state index in [1.165, 1.54) is 120 Å². The molecule has 8 rings (SSSR count). The van der Waals surface area contributed by atoms with Crippen LogP contribution in [0.15, 0.2) is 40.9 Å². The van der Waals surface area contributed by atoms with Gasteiger partial charge in [0.05, 0.1) is 5.56 Å². The molecule has 3 aromatic carbocycles. The molecule has 0 amide bonds. The number of ether oxygens (including phenoxy) is 1. The topological polar surface area (TPSA) is 15.5 Å². The third-order valence-electron chi connectivity index (χ3n) is 8.82. The van der Waals surface area contributed by atoms with Crippen LogP contribution in [0.4, 0.5) is 5.69 Å². The predicted molar refractivity (Wildman–Crippen MR) is 144 cm³/mol. The quantitative estimate of drug-likeness (QED) is 0.329. The van der Waals surface area contributed by atoms with Gasteiger partial charge in [-0.3, -0.25) is 0 Å². The van der Waals surface area contributed by atoms with E-state index in [9.17, 15) is 0 Å². The molecule has 35 heavy (non-hydrogen) atoms. The fourth-order valence-electron chi connectivity index (χ4n) is 7.44. The maximum absolute atomic E-state index is 7.11. The summed E-state index contributed by atoms with van der Waals surface area (Å²) in [5.41, 5.74) is 11.4. The van der Waals surface area contributed by atoms with Gasteiger partial charge in [0.2, 0.25) is 5.36 Å². The molecule has 0 N–H and O–H groups in total. The average molecular weight is 526 g/mol. The Morgan fingerprint density at radius 1 is 0.771 bits per heavy atom. The van der Waals surface area contributed by atoms with Crippen molar-refractivity contribution in [2.75, 3.05) is 31.1 Å². The molecule has 0 unspecified atom stereocenters. The fourth-order valence-corrected chi connectivity index (χ4v) is 7.71. The smallest absolute Gasteiger partial charge is 0.210 e. The van der Waals surface area contributed by atoms with E-state index in [4.69, 9.17) is 4.74 Å². The minimum atomic E-state index is 1.12. The summed E-state index contributed by atoms with van der Waals surface area (Å²) in [5, 5.41) is 2.81. The van der Waals surface area contributed by atoms with Crippen LogP contribution in [-0.4, -0.2) is 26.2 Å². The largest absolute Gasteiger partial charge is 0.455 e. The number of rotatable bonds is 1. The molecule has 0 atom stereocenters. The van der Waals surface area contributed by atoms with Crippen LogP contribution in [-0.2, 0) is 25.7 Å².